The average Bonchev–Trinajstić information content (AvgIpc) is 2.58. The van der Waals surface area contributed by atoms with Crippen LogP contribution >= 0.6 is 7.60 Å². The third-order valence-corrected chi connectivity index (χ3v) is 3.00. The molecule has 1 aromatic heterocycles. The summed E-state index contributed by atoms with van der Waals surface area (Å²) in [6.07, 6.45) is 0. The molecule has 0 bridgehead atoms. The van der Waals surface area contributed by atoms with Crippen molar-refractivity contribution in [2.24, 2.45) is 0 Å². The molecule has 1 aromatic carbocycles. The lowest BCUT2D eigenvalue weighted by Gasteiger charge is -2.03. The van der Waals surface area contributed by atoms with Crippen LogP contribution in [0.1, 0.15) is 10.6 Å². The Hall–Kier alpha value is -1.69. The van der Waals surface area contributed by atoms with Gasteiger partial charge in [-0.25, -0.2) is 9.78 Å². The van der Waals surface area contributed by atoms with Crippen molar-refractivity contribution in [3.63, 3.8) is 0 Å². The number of aromatic carboxylic acids is 1. The van der Waals surface area contributed by atoms with Crippen LogP contribution in [0.3, 0.4) is 0 Å². The van der Waals surface area contributed by atoms with E-state index in [2.05, 4.69) is 9.97 Å². The Kier molecular flexibility index (Phi) is 2.31. The van der Waals surface area contributed by atoms with Crippen LogP contribution in [-0.4, -0.2) is 30.8 Å². The van der Waals surface area contributed by atoms with Gasteiger partial charge in [0, 0.05) is 0 Å². The minimum Gasteiger partial charge on any atom is -0.475 e. The van der Waals surface area contributed by atoms with Crippen molar-refractivity contribution in [2.45, 2.75) is 0 Å². The van der Waals surface area contributed by atoms with Crippen molar-refractivity contribution in [1.29, 1.82) is 0 Å². The quantitative estimate of drug-likeness (QED) is 0.552. The molecule has 0 aliphatic rings. The predicted molar refractivity (Wildman–Crippen MR) is 54.7 cm³/mol. The van der Waals surface area contributed by atoms with E-state index in [0.29, 0.717) is 0 Å². The number of fused-ring (bicyclic) bond motifs is 1. The highest BCUT2D eigenvalue weighted by atomic mass is 31.2. The van der Waals surface area contributed by atoms with E-state index in [9.17, 15) is 9.36 Å². The largest absolute Gasteiger partial charge is 0.475 e. The Balaban J connectivity index is 2.78. The summed E-state index contributed by atoms with van der Waals surface area (Å²) in [5.74, 6) is -1.64. The molecule has 1 heterocycles. The van der Waals surface area contributed by atoms with Gasteiger partial charge in [-0.2, -0.15) is 0 Å². The minimum absolute atomic E-state index is 0.0202. The van der Waals surface area contributed by atoms with Gasteiger partial charge in [0.15, 0.2) is 0 Å². The van der Waals surface area contributed by atoms with Gasteiger partial charge >= 0.3 is 13.6 Å². The topological polar surface area (TPSA) is 124 Å². The van der Waals surface area contributed by atoms with Gasteiger partial charge in [-0.05, 0) is 12.1 Å². The average molecular weight is 242 g/mol. The molecule has 16 heavy (non-hydrogen) atoms. The van der Waals surface area contributed by atoms with E-state index >= 15 is 0 Å². The standard InChI is InChI=1S/C8H7N2O5P/c11-8(12)7-9-4-2-1-3-5(6(4)10-7)16(13,14)15/h1-3H,(H,9,10)(H,11,12)(H2,13,14,15). The van der Waals surface area contributed by atoms with Crippen molar-refractivity contribution in [2.75, 3.05) is 0 Å². The number of nitrogens with zero attached hydrogens (tertiary/aromatic N) is 1. The zero-order valence-electron chi connectivity index (χ0n) is 7.78. The normalized spacial score (nSPS) is 11.9. The summed E-state index contributed by atoms with van der Waals surface area (Å²) in [4.78, 5) is 34.8. The van der Waals surface area contributed by atoms with E-state index in [4.69, 9.17) is 14.9 Å². The number of nitrogens with one attached hydrogen (secondary N) is 1. The fraction of sp³-hybridized carbons (Fsp3) is 0. The van der Waals surface area contributed by atoms with Crippen LogP contribution in [0.4, 0.5) is 0 Å². The molecule has 7 nitrogen and oxygen atoms in total. The van der Waals surface area contributed by atoms with E-state index in [-0.39, 0.29) is 22.2 Å². The maximum Gasteiger partial charge on any atom is 0.371 e. The number of hydrogen-bond acceptors (Lipinski definition) is 3. The summed E-state index contributed by atoms with van der Waals surface area (Å²) in [6, 6.07) is 4.13. The van der Waals surface area contributed by atoms with E-state index in [1.54, 1.807) is 0 Å². The second-order valence-electron chi connectivity index (χ2n) is 3.11. The van der Waals surface area contributed by atoms with Gasteiger partial charge in [-0.3, -0.25) is 4.57 Å². The van der Waals surface area contributed by atoms with Crippen LogP contribution in [0.15, 0.2) is 18.2 Å². The monoisotopic (exact) mass is 242 g/mol. The Morgan fingerprint density at radius 1 is 1.38 bits per heavy atom. The first-order chi connectivity index (χ1) is 7.39. The highest BCUT2D eigenvalue weighted by Gasteiger charge is 2.23. The predicted octanol–water partition coefficient (Wildman–Crippen LogP) is 0.0641. The number of carboxylic acids is 1. The van der Waals surface area contributed by atoms with E-state index in [1.807, 2.05) is 0 Å². The van der Waals surface area contributed by atoms with Gasteiger partial charge in [-0.1, -0.05) is 6.07 Å². The summed E-state index contributed by atoms with van der Waals surface area (Å²) < 4.78 is 11.1. The van der Waals surface area contributed by atoms with Crippen LogP contribution in [-0.2, 0) is 4.57 Å². The van der Waals surface area contributed by atoms with Crippen LogP contribution in [0.2, 0.25) is 0 Å². The van der Waals surface area contributed by atoms with Crippen molar-refractivity contribution in [1.82, 2.24) is 9.97 Å². The molecule has 0 aliphatic heterocycles. The third-order valence-electron chi connectivity index (χ3n) is 2.01. The number of imidazole rings is 1. The molecule has 0 aliphatic carbocycles. The first kappa shape index (κ1) is 10.8. The van der Waals surface area contributed by atoms with Crippen molar-refractivity contribution in [3.8, 4) is 0 Å². The SMILES string of the molecule is O=C(O)c1nc2c(P(=O)(O)O)cccc2[nH]1. The van der Waals surface area contributed by atoms with E-state index in [1.165, 1.54) is 18.2 Å². The number of hydrogen-bond donors (Lipinski definition) is 4. The van der Waals surface area contributed by atoms with Gasteiger partial charge in [-0.15, -0.1) is 0 Å². The van der Waals surface area contributed by atoms with Gasteiger partial charge in [0.1, 0.15) is 5.52 Å². The van der Waals surface area contributed by atoms with Crippen LogP contribution < -0.4 is 5.30 Å². The number of carbonyl (C=O) groups is 1. The van der Waals surface area contributed by atoms with E-state index < -0.39 is 13.6 Å². The number of rotatable bonds is 2. The maximum atomic E-state index is 11.1. The molecular weight excluding hydrogens is 235 g/mol. The molecule has 0 atom stereocenters. The molecule has 84 valence electrons. The Morgan fingerprint density at radius 3 is 2.62 bits per heavy atom. The number of H-pyrrole nitrogens is 1. The molecule has 0 saturated heterocycles. The Labute approximate surface area is 88.9 Å². The van der Waals surface area contributed by atoms with Crippen LogP contribution in [0.25, 0.3) is 11.0 Å². The fourth-order valence-corrected chi connectivity index (χ4v) is 2.08. The number of benzene rings is 1. The molecule has 2 aromatic rings. The molecular formula is C8H7N2O5P. The summed E-state index contributed by atoms with van der Waals surface area (Å²) in [5, 5.41) is 8.41. The lowest BCUT2D eigenvalue weighted by molar-refractivity contribution is 0.0685. The first-order valence-corrected chi connectivity index (χ1v) is 5.79. The molecule has 8 heteroatoms. The molecule has 2 rings (SSSR count). The number of para-hydroxylation sites is 1. The van der Waals surface area contributed by atoms with Gasteiger partial charge in [0.25, 0.3) is 0 Å². The molecule has 0 unspecified atom stereocenters. The van der Waals surface area contributed by atoms with Crippen LogP contribution in [0, 0.1) is 0 Å². The van der Waals surface area contributed by atoms with Gasteiger partial charge in [0.05, 0.1) is 10.8 Å². The first-order valence-electron chi connectivity index (χ1n) is 4.18. The molecule has 0 fully saturated rings. The fourth-order valence-electron chi connectivity index (χ4n) is 1.35. The number of aromatic nitrogens is 2. The summed E-state index contributed by atoms with van der Waals surface area (Å²) in [6.45, 7) is 0. The van der Waals surface area contributed by atoms with Crippen molar-refractivity contribution >= 4 is 29.9 Å². The molecule has 0 radical (unpaired) electrons. The van der Waals surface area contributed by atoms with Gasteiger partial charge in [0.2, 0.25) is 5.82 Å². The highest BCUT2D eigenvalue weighted by Crippen LogP contribution is 2.35. The molecule has 0 spiro atoms. The number of aromatic amines is 1. The Morgan fingerprint density at radius 2 is 2.06 bits per heavy atom. The second-order valence-corrected chi connectivity index (χ2v) is 4.68. The van der Waals surface area contributed by atoms with E-state index in [0.717, 1.165) is 0 Å². The Bertz CT molecular complexity index is 614. The van der Waals surface area contributed by atoms with Crippen LogP contribution in [0.5, 0.6) is 0 Å². The summed E-state index contributed by atoms with van der Waals surface area (Å²) in [7, 11) is -4.46. The van der Waals surface area contributed by atoms with Crippen molar-refractivity contribution in [3.05, 3.63) is 24.0 Å². The zero-order valence-corrected chi connectivity index (χ0v) is 8.68. The van der Waals surface area contributed by atoms with Crippen molar-refractivity contribution < 1.29 is 24.3 Å². The minimum atomic E-state index is -4.46. The lowest BCUT2D eigenvalue weighted by atomic mass is 10.3. The highest BCUT2D eigenvalue weighted by molar-refractivity contribution is 7.60. The maximum absolute atomic E-state index is 11.1. The molecule has 0 amide bonds. The third kappa shape index (κ3) is 1.71. The molecule has 4 N–H and O–H groups in total. The van der Waals surface area contributed by atoms with Gasteiger partial charge < -0.3 is 19.9 Å². The lowest BCUT2D eigenvalue weighted by Crippen LogP contribution is -2.05. The number of carboxylic acid groups (broad SMARTS) is 1. The summed E-state index contributed by atoms with van der Waals surface area (Å²) in [5.41, 5.74) is 0.256. The zero-order chi connectivity index (χ0) is 11.9. The smallest absolute Gasteiger partial charge is 0.371 e. The molecule has 0 saturated carbocycles. The summed E-state index contributed by atoms with van der Waals surface area (Å²) >= 11 is 0. The second kappa shape index (κ2) is 3.41.